The van der Waals surface area contributed by atoms with E-state index in [2.05, 4.69) is 0 Å². The molecular weight excluding hydrogens is 420 g/mol. The summed E-state index contributed by atoms with van der Waals surface area (Å²) in [5.74, 6) is -0.287. The SMILES string of the molecule is CCOC(=O)Cc1ccc(-n2cc3c(OC)c4ccccc4c(OC(F)F)c3c2O)cc1. The molecule has 0 bridgehead atoms. The number of aromatic hydroxyl groups is 1. The van der Waals surface area contributed by atoms with E-state index >= 15 is 0 Å². The number of methoxy groups -OCH3 is 1. The van der Waals surface area contributed by atoms with Crippen LogP contribution in [-0.2, 0) is 16.0 Å². The van der Waals surface area contributed by atoms with Gasteiger partial charge in [-0.2, -0.15) is 8.78 Å². The predicted molar refractivity (Wildman–Crippen MR) is 116 cm³/mol. The van der Waals surface area contributed by atoms with Crippen molar-refractivity contribution in [1.82, 2.24) is 4.57 Å². The summed E-state index contributed by atoms with van der Waals surface area (Å²) in [6, 6.07) is 13.7. The number of rotatable bonds is 7. The Labute approximate surface area is 182 Å². The Morgan fingerprint density at radius 2 is 1.69 bits per heavy atom. The lowest BCUT2D eigenvalue weighted by Gasteiger charge is -2.14. The lowest BCUT2D eigenvalue weighted by atomic mass is 10.0. The lowest BCUT2D eigenvalue weighted by molar-refractivity contribution is -0.142. The van der Waals surface area contributed by atoms with E-state index in [1.54, 1.807) is 61.7 Å². The van der Waals surface area contributed by atoms with Gasteiger partial charge in [-0.3, -0.25) is 9.36 Å². The first-order valence-corrected chi connectivity index (χ1v) is 9.97. The summed E-state index contributed by atoms with van der Waals surface area (Å²) in [6.45, 7) is -1.02. The molecule has 1 aromatic heterocycles. The van der Waals surface area contributed by atoms with Crippen LogP contribution in [0.25, 0.3) is 27.2 Å². The third kappa shape index (κ3) is 3.79. The van der Waals surface area contributed by atoms with Gasteiger partial charge < -0.3 is 19.3 Å². The van der Waals surface area contributed by atoms with Crippen molar-refractivity contribution in [1.29, 1.82) is 0 Å². The summed E-state index contributed by atoms with van der Waals surface area (Å²) in [7, 11) is 1.48. The fourth-order valence-corrected chi connectivity index (χ4v) is 3.83. The molecule has 0 spiro atoms. The van der Waals surface area contributed by atoms with Crippen LogP contribution in [0.3, 0.4) is 0 Å². The number of hydrogen-bond donors (Lipinski definition) is 1. The summed E-state index contributed by atoms with van der Waals surface area (Å²) in [4.78, 5) is 11.7. The summed E-state index contributed by atoms with van der Waals surface area (Å²) in [5.41, 5.74) is 1.31. The van der Waals surface area contributed by atoms with E-state index in [-0.39, 0.29) is 29.4 Å². The Morgan fingerprint density at radius 3 is 2.28 bits per heavy atom. The maximum atomic E-state index is 13.2. The van der Waals surface area contributed by atoms with Crippen molar-refractivity contribution >= 4 is 27.5 Å². The number of fused-ring (bicyclic) bond motifs is 2. The number of benzene rings is 3. The summed E-state index contributed by atoms with van der Waals surface area (Å²) in [6.07, 6.45) is 1.73. The molecule has 0 radical (unpaired) electrons. The average Bonchev–Trinajstić information content (AvgIpc) is 3.11. The maximum Gasteiger partial charge on any atom is 0.387 e. The smallest absolute Gasteiger partial charge is 0.387 e. The summed E-state index contributed by atoms with van der Waals surface area (Å²) in [5, 5.41) is 12.5. The largest absolute Gasteiger partial charge is 0.495 e. The molecule has 0 unspecified atom stereocenters. The van der Waals surface area contributed by atoms with Crippen LogP contribution in [0.5, 0.6) is 17.4 Å². The van der Waals surface area contributed by atoms with Gasteiger partial charge in [-0.15, -0.1) is 0 Å². The lowest BCUT2D eigenvalue weighted by Crippen LogP contribution is -2.07. The van der Waals surface area contributed by atoms with Crippen LogP contribution in [0.15, 0.2) is 54.7 Å². The zero-order chi connectivity index (χ0) is 22.8. The van der Waals surface area contributed by atoms with Crippen molar-refractivity contribution < 1.29 is 32.9 Å². The molecule has 0 saturated heterocycles. The summed E-state index contributed by atoms with van der Waals surface area (Å²) < 4.78 is 43.3. The number of nitrogens with zero attached hydrogens (tertiary/aromatic N) is 1. The van der Waals surface area contributed by atoms with Crippen LogP contribution in [-0.4, -0.2) is 36.0 Å². The average molecular weight is 441 g/mol. The molecule has 0 saturated carbocycles. The number of hydrogen-bond acceptors (Lipinski definition) is 5. The van der Waals surface area contributed by atoms with Gasteiger partial charge >= 0.3 is 12.6 Å². The van der Waals surface area contributed by atoms with Crippen molar-refractivity contribution in [2.45, 2.75) is 20.0 Å². The number of ether oxygens (including phenoxy) is 3. The molecule has 32 heavy (non-hydrogen) atoms. The molecule has 0 aliphatic heterocycles. The molecular formula is C24H21F2NO5. The molecule has 0 amide bonds. The van der Waals surface area contributed by atoms with Crippen LogP contribution in [0, 0.1) is 0 Å². The fraction of sp³-hybridized carbons (Fsp3) is 0.208. The molecule has 1 N–H and O–H groups in total. The second-order valence-corrected chi connectivity index (χ2v) is 7.05. The quantitative estimate of drug-likeness (QED) is 0.399. The van der Waals surface area contributed by atoms with Gasteiger partial charge in [0.05, 0.1) is 30.9 Å². The third-order valence-electron chi connectivity index (χ3n) is 5.15. The Hall–Kier alpha value is -3.81. The van der Waals surface area contributed by atoms with Crippen LogP contribution >= 0.6 is 0 Å². The number of esters is 1. The fourth-order valence-electron chi connectivity index (χ4n) is 3.83. The molecule has 4 rings (SSSR count). The Kier molecular flexibility index (Phi) is 5.85. The molecule has 8 heteroatoms. The number of halogens is 2. The van der Waals surface area contributed by atoms with Gasteiger partial charge in [0.1, 0.15) is 11.5 Å². The zero-order valence-electron chi connectivity index (χ0n) is 17.5. The normalized spacial score (nSPS) is 11.3. The monoisotopic (exact) mass is 441 g/mol. The van der Waals surface area contributed by atoms with E-state index in [1.165, 1.54) is 11.7 Å². The minimum absolute atomic E-state index is 0.122. The minimum atomic E-state index is -3.07. The van der Waals surface area contributed by atoms with Gasteiger partial charge in [-0.05, 0) is 24.6 Å². The zero-order valence-corrected chi connectivity index (χ0v) is 17.5. The number of carbonyl (C=O) groups excluding carboxylic acids is 1. The molecule has 0 atom stereocenters. The van der Waals surface area contributed by atoms with Crippen molar-refractivity contribution in [2.24, 2.45) is 0 Å². The number of carbonyl (C=O) groups is 1. The molecule has 0 aliphatic rings. The number of aromatic nitrogens is 1. The highest BCUT2D eigenvalue weighted by Crippen LogP contribution is 2.48. The third-order valence-corrected chi connectivity index (χ3v) is 5.15. The minimum Gasteiger partial charge on any atom is -0.495 e. The van der Waals surface area contributed by atoms with Gasteiger partial charge in [0.15, 0.2) is 0 Å². The van der Waals surface area contributed by atoms with Crippen molar-refractivity contribution in [3.8, 4) is 23.1 Å². The van der Waals surface area contributed by atoms with Gasteiger partial charge in [-0.25, -0.2) is 0 Å². The molecule has 0 aliphatic carbocycles. The van der Waals surface area contributed by atoms with Crippen LogP contribution in [0.4, 0.5) is 8.78 Å². The van der Waals surface area contributed by atoms with Crippen LogP contribution in [0.2, 0.25) is 0 Å². The second kappa shape index (κ2) is 8.74. The van der Waals surface area contributed by atoms with E-state index in [4.69, 9.17) is 14.2 Å². The molecule has 0 fully saturated rings. The van der Waals surface area contributed by atoms with Gasteiger partial charge in [0.25, 0.3) is 0 Å². The van der Waals surface area contributed by atoms with Gasteiger partial charge in [0, 0.05) is 22.7 Å². The van der Waals surface area contributed by atoms with E-state index < -0.39 is 6.61 Å². The highest BCUT2D eigenvalue weighted by molar-refractivity contribution is 6.13. The van der Waals surface area contributed by atoms with Crippen LogP contribution in [0.1, 0.15) is 12.5 Å². The van der Waals surface area contributed by atoms with Crippen LogP contribution < -0.4 is 9.47 Å². The van der Waals surface area contributed by atoms with E-state index in [1.807, 2.05) is 0 Å². The molecule has 1 heterocycles. The first-order chi connectivity index (χ1) is 15.4. The van der Waals surface area contributed by atoms with E-state index in [0.717, 1.165) is 5.56 Å². The maximum absolute atomic E-state index is 13.2. The van der Waals surface area contributed by atoms with Crippen molar-refractivity contribution in [3.05, 3.63) is 60.3 Å². The highest BCUT2D eigenvalue weighted by atomic mass is 19.3. The van der Waals surface area contributed by atoms with E-state index in [9.17, 15) is 18.7 Å². The first kappa shape index (κ1) is 21.4. The predicted octanol–water partition coefficient (Wildman–Crippen LogP) is 5.20. The number of alkyl halides is 2. The Morgan fingerprint density at radius 1 is 1.03 bits per heavy atom. The van der Waals surface area contributed by atoms with Crippen molar-refractivity contribution in [2.75, 3.05) is 13.7 Å². The summed E-state index contributed by atoms with van der Waals surface area (Å²) >= 11 is 0. The van der Waals surface area contributed by atoms with E-state index in [0.29, 0.717) is 34.2 Å². The molecule has 3 aromatic carbocycles. The highest BCUT2D eigenvalue weighted by Gasteiger charge is 2.24. The van der Waals surface area contributed by atoms with Gasteiger partial charge in [-0.1, -0.05) is 36.4 Å². The van der Waals surface area contributed by atoms with Crippen molar-refractivity contribution in [3.63, 3.8) is 0 Å². The molecule has 4 aromatic rings. The van der Waals surface area contributed by atoms with Gasteiger partial charge in [0.2, 0.25) is 5.88 Å². The Balaban J connectivity index is 1.88. The molecule has 6 nitrogen and oxygen atoms in total. The first-order valence-electron chi connectivity index (χ1n) is 9.97. The second-order valence-electron chi connectivity index (χ2n) is 7.05. The topological polar surface area (TPSA) is 69.9 Å². The Bertz CT molecular complexity index is 1280. The standard InChI is InChI=1S/C24H21F2NO5/c1-3-31-19(28)12-14-8-10-15(11-9-14)27-13-18-20(23(27)29)22(32-24(25)26)17-7-5-4-6-16(17)21(18)30-2/h4-11,13,24,29H,3,12H2,1-2H3. The molecule has 166 valence electrons.